The normalized spacial score (nSPS) is 28.0. The van der Waals surface area contributed by atoms with Crippen molar-refractivity contribution in [1.29, 1.82) is 0 Å². The van der Waals surface area contributed by atoms with Crippen LogP contribution >= 0.6 is 0 Å². The highest BCUT2D eigenvalue weighted by molar-refractivity contribution is 5.95. The maximum atomic E-state index is 12.1. The molecule has 1 saturated heterocycles. The first kappa shape index (κ1) is 19.1. The second-order valence-corrected chi connectivity index (χ2v) is 9.26. The average molecular weight is 411 g/mol. The molecule has 3 heterocycles. The molecule has 8 nitrogen and oxygen atoms in total. The Morgan fingerprint density at radius 3 is 2.67 bits per heavy atom. The lowest BCUT2D eigenvalue weighted by Gasteiger charge is -2.35. The van der Waals surface area contributed by atoms with Gasteiger partial charge in [-0.15, -0.1) is 0 Å². The summed E-state index contributed by atoms with van der Waals surface area (Å²) in [5.74, 6) is -0.792. The van der Waals surface area contributed by atoms with E-state index in [0.29, 0.717) is 18.2 Å². The van der Waals surface area contributed by atoms with Crippen molar-refractivity contribution in [1.82, 2.24) is 14.7 Å². The van der Waals surface area contributed by atoms with Crippen LogP contribution < -0.4 is 5.76 Å². The quantitative estimate of drug-likeness (QED) is 0.680. The molecule has 3 aromatic rings. The molecule has 1 aliphatic heterocycles. The number of rotatable bonds is 4. The second kappa shape index (κ2) is 6.31. The molecule has 3 atom stereocenters. The Bertz CT molecular complexity index is 1200. The first-order valence-electron chi connectivity index (χ1n) is 10.3. The molecule has 2 aliphatic rings. The molecule has 2 N–H and O–H groups in total. The zero-order valence-electron chi connectivity index (χ0n) is 17.3. The van der Waals surface area contributed by atoms with Gasteiger partial charge in [0.2, 0.25) is 0 Å². The van der Waals surface area contributed by atoms with E-state index in [1.165, 1.54) is 5.56 Å². The minimum Gasteiger partial charge on any atom is -0.477 e. The number of nitrogens with one attached hydrogen (secondary N) is 1. The molecule has 2 aromatic heterocycles. The zero-order chi connectivity index (χ0) is 21.3. The van der Waals surface area contributed by atoms with E-state index < -0.39 is 17.3 Å². The Hall–Kier alpha value is -2.87. The third kappa shape index (κ3) is 2.81. The number of H-pyrrole nitrogens is 1. The number of hydrogen-bond donors (Lipinski definition) is 2. The fourth-order valence-electron chi connectivity index (χ4n) is 5.16. The van der Waals surface area contributed by atoms with E-state index in [1.807, 2.05) is 13.0 Å². The Morgan fingerprint density at radius 2 is 2.07 bits per heavy atom. The van der Waals surface area contributed by atoms with Crippen LogP contribution in [0.3, 0.4) is 0 Å². The SMILES string of the molecule is C[C@H]1CC1(c1noc(=O)[nH]1)n1c(C(=O)O)cc2cc([C@H]3CCOC(C)(C)C3)ccc21. The van der Waals surface area contributed by atoms with Crippen LogP contribution in [0.1, 0.15) is 67.8 Å². The second-order valence-electron chi connectivity index (χ2n) is 9.26. The van der Waals surface area contributed by atoms with E-state index in [9.17, 15) is 14.7 Å². The van der Waals surface area contributed by atoms with Crippen molar-refractivity contribution in [3.63, 3.8) is 0 Å². The monoisotopic (exact) mass is 411 g/mol. The summed E-state index contributed by atoms with van der Waals surface area (Å²) in [6.45, 7) is 6.95. The first-order valence-corrected chi connectivity index (χ1v) is 10.3. The summed E-state index contributed by atoms with van der Waals surface area (Å²) < 4.78 is 12.4. The third-order valence-electron chi connectivity index (χ3n) is 6.74. The summed E-state index contributed by atoms with van der Waals surface area (Å²) >= 11 is 0. The van der Waals surface area contributed by atoms with Gasteiger partial charge >= 0.3 is 11.7 Å². The van der Waals surface area contributed by atoms with E-state index in [1.54, 1.807) is 10.6 Å². The number of ether oxygens (including phenoxy) is 1. The van der Waals surface area contributed by atoms with Crippen molar-refractivity contribution in [2.24, 2.45) is 5.92 Å². The van der Waals surface area contributed by atoms with Crippen LogP contribution in [0.4, 0.5) is 0 Å². The largest absolute Gasteiger partial charge is 0.477 e. The predicted molar refractivity (Wildman–Crippen MR) is 109 cm³/mol. The molecule has 0 amide bonds. The summed E-state index contributed by atoms with van der Waals surface area (Å²) in [5.41, 5.74) is 1.31. The van der Waals surface area contributed by atoms with Crippen LogP contribution in [-0.2, 0) is 10.3 Å². The van der Waals surface area contributed by atoms with Crippen LogP contribution in [0.25, 0.3) is 10.9 Å². The summed E-state index contributed by atoms with van der Waals surface area (Å²) in [7, 11) is 0. The Labute approximate surface area is 172 Å². The first-order chi connectivity index (χ1) is 14.2. The Balaban J connectivity index is 1.65. The van der Waals surface area contributed by atoms with Gasteiger partial charge in [0.15, 0.2) is 5.82 Å². The predicted octanol–water partition coefficient (Wildman–Crippen LogP) is 3.47. The summed E-state index contributed by atoms with van der Waals surface area (Å²) in [5, 5.41) is 14.7. The summed E-state index contributed by atoms with van der Waals surface area (Å²) in [4.78, 5) is 26.3. The van der Waals surface area contributed by atoms with E-state index in [0.717, 1.165) is 30.4 Å². The van der Waals surface area contributed by atoms with Crippen molar-refractivity contribution >= 4 is 16.9 Å². The highest BCUT2D eigenvalue weighted by atomic mass is 16.5. The van der Waals surface area contributed by atoms with Crippen molar-refractivity contribution in [3.8, 4) is 0 Å². The van der Waals surface area contributed by atoms with Gasteiger partial charge in [-0.2, -0.15) is 0 Å². The minimum atomic E-state index is -1.01. The molecule has 8 heteroatoms. The van der Waals surface area contributed by atoms with E-state index in [2.05, 4.69) is 36.1 Å². The molecular formula is C22H25N3O5. The van der Waals surface area contributed by atoms with Crippen LogP contribution in [0.15, 0.2) is 33.6 Å². The van der Waals surface area contributed by atoms with Gasteiger partial charge < -0.3 is 14.4 Å². The number of benzene rings is 1. The highest BCUT2D eigenvalue weighted by Crippen LogP contribution is 2.55. The molecule has 30 heavy (non-hydrogen) atoms. The van der Waals surface area contributed by atoms with E-state index >= 15 is 0 Å². The molecule has 0 spiro atoms. The number of nitrogens with zero attached hydrogens (tertiary/aromatic N) is 2. The third-order valence-corrected chi connectivity index (χ3v) is 6.74. The molecular weight excluding hydrogens is 386 g/mol. The smallest absolute Gasteiger partial charge is 0.438 e. The van der Waals surface area contributed by atoms with Gasteiger partial charge in [-0.3, -0.25) is 9.51 Å². The number of aromatic nitrogens is 3. The maximum absolute atomic E-state index is 12.1. The van der Waals surface area contributed by atoms with E-state index in [4.69, 9.17) is 9.26 Å². The fourth-order valence-corrected chi connectivity index (χ4v) is 5.16. The maximum Gasteiger partial charge on any atom is 0.438 e. The molecule has 0 bridgehead atoms. The minimum absolute atomic E-state index is 0.114. The van der Waals surface area contributed by atoms with Gasteiger partial charge in [0.05, 0.1) is 5.60 Å². The van der Waals surface area contributed by atoms with Crippen LogP contribution in [0.2, 0.25) is 0 Å². The lowest BCUT2D eigenvalue weighted by atomic mass is 9.83. The Kier molecular flexibility index (Phi) is 4.02. The van der Waals surface area contributed by atoms with Gasteiger partial charge in [-0.05, 0) is 68.7 Å². The summed E-state index contributed by atoms with van der Waals surface area (Å²) in [6, 6.07) is 7.89. The average Bonchev–Trinajstić information content (AvgIpc) is 3.03. The number of hydrogen-bond acceptors (Lipinski definition) is 5. The summed E-state index contributed by atoms with van der Waals surface area (Å²) in [6.07, 6.45) is 2.55. The standard InChI is InChI=1S/C22H25N3O5/c1-12-10-22(12,19-23-20(28)30-24-19)25-16-5-4-13(8-15(16)9-17(25)18(26)27)14-6-7-29-21(2,3)11-14/h4-5,8-9,12,14H,6-7,10-11H2,1-3H3,(H,26,27)(H,23,24,28)/t12-,14-,22?/m0/s1. The zero-order valence-corrected chi connectivity index (χ0v) is 17.3. The molecule has 158 valence electrons. The van der Waals surface area contributed by atoms with Gasteiger partial charge in [0.25, 0.3) is 0 Å². The molecule has 1 aliphatic carbocycles. The Morgan fingerprint density at radius 1 is 1.30 bits per heavy atom. The molecule has 2 fully saturated rings. The fraction of sp³-hybridized carbons (Fsp3) is 0.500. The van der Waals surface area contributed by atoms with Gasteiger partial charge in [0.1, 0.15) is 11.2 Å². The lowest BCUT2D eigenvalue weighted by molar-refractivity contribution is -0.0592. The van der Waals surface area contributed by atoms with Crippen molar-refractivity contribution < 1.29 is 19.2 Å². The van der Waals surface area contributed by atoms with Crippen LogP contribution in [-0.4, -0.2) is 38.0 Å². The number of carboxylic acids is 1. The van der Waals surface area contributed by atoms with Crippen LogP contribution in [0.5, 0.6) is 0 Å². The number of carboxylic acid groups (broad SMARTS) is 1. The van der Waals surface area contributed by atoms with Crippen LogP contribution in [0, 0.1) is 5.92 Å². The molecule has 1 unspecified atom stereocenters. The topological polar surface area (TPSA) is 110 Å². The molecule has 5 rings (SSSR count). The number of aromatic amines is 1. The lowest BCUT2D eigenvalue weighted by Crippen LogP contribution is -2.32. The molecule has 1 saturated carbocycles. The van der Waals surface area contributed by atoms with Crippen molar-refractivity contribution in [3.05, 3.63) is 51.9 Å². The van der Waals surface area contributed by atoms with E-state index in [-0.39, 0.29) is 17.2 Å². The van der Waals surface area contributed by atoms with Gasteiger partial charge in [-0.25, -0.2) is 9.59 Å². The number of fused-ring (bicyclic) bond motifs is 1. The molecule has 1 aromatic carbocycles. The molecule has 0 radical (unpaired) electrons. The number of carbonyl (C=O) groups is 1. The van der Waals surface area contributed by atoms with Gasteiger partial charge in [-0.1, -0.05) is 18.1 Å². The van der Waals surface area contributed by atoms with Crippen molar-refractivity contribution in [2.45, 2.75) is 57.1 Å². The highest BCUT2D eigenvalue weighted by Gasteiger charge is 2.59. The number of aromatic carboxylic acids is 1. The van der Waals surface area contributed by atoms with Gasteiger partial charge in [0, 0.05) is 17.5 Å². The van der Waals surface area contributed by atoms with Crippen molar-refractivity contribution in [2.75, 3.05) is 6.61 Å².